The van der Waals surface area contributed by atoms with Crippen LogP contribution in [0.5, 0.6) is 5.88 Å². The number of nitrogens with one attached hydrogen (secondary N) is 2. The molecule has 2 heterocycles. The van der Waals surface area contributed by atoms with Gasteiger partial charge >= 0.3 is 0 Å². The molecule has 0 aliphatic heterocycles. The number of hydrogen-bond acceptors (Lipinski definition) is 5. The minimum atomic E-state index is -2.46. The van der Waals surface area contributed by atoms with Gasteiger partial charge in [0.15, 0.2) is 11.6 Å². The Hall–Kier alpha value is -3.03. The summed E-state index contributed by atoms with van der Waals surface area (Å²) in [6, 6.07) is 11.3. The van der Waals surface area contributed by atoms with Crippen LogP contribution in [-0.4, -0.2) is 26.6 Å². The highest BCUT2D eigenvalue weighted by Gasteiger charge is 2.19. The summed E-state index contributed by atoms with van der Waals surface area (Å²) in [6.45, 7) is 3.35. The Balaban J connectivity index is 1.68. The van der Waals surface area contributed by atoms with Crippen LogP contribution in [0.3, 0.4) is 0 Å². The molecule has 6 nitrogen and oxygen atoms in total. The Morgan fingerprint density at radius 2 is 1.85 bits per heavy atom. The van der Waals surface area contributed by atoms with Gasteiger partial charge in [0.05, 0.1) is 18.3 Å². The summed E-state index contributed by atoms with van der Waals surface area (Å²) in [5, 5.41) is 9.51. The summed E-state index contributed by atoms with van der Waals surface area (Å²) in [5.41, 5.74) is 1.37. The maximum Gasteiger partial charge on any atom is 0.246 e. The molecule has 3 aromatic rings. The van der Waals surface area contributed by atoms with E-state index >= 15 is 0 Å². The molecule has 0 aliphatic carbocycles. The van der Waals surface area contributed by atoms with E-state index in [2.05, 4.69) is 25.5 Å². The first kappa shape index (κ1) is 17.8. The van der Waals surface area contributed by atoms with Crippen molar-refractivity contribution in [1.82, 2.24) is 20.2 Å². The number of alkyl halides is 2. The standard InChI is InChI=1S/C18H19F2N5O/c1-11(18(19)20)14-8-15(25-24-14)22-16-9-21-10-17(23-16)26-12(2)13-6-4-3-5-7-13/h3-12,18H,1-2H3,(H2,22,23,24,25)/t11-,12-/m0/s1. The molecule has 2 aromatic heterocycles. The fourth-order valence-corrected chi connectivity index (χ4v) is 2.34. The van der Waals surface area contributed by atoms with Gasteiger partial charge in [0, 0.05) is 11.8 Å². The van der Waals surface area contributed by atoms with Gasteiger partial charge in [-0.2, -0.15) is 10.1 Å². The molecule has 0 bridgehead atoms. The zero-order valence-corrected chi connectivity index (χ0v) is 14.4. The number of H-pyrrole nitrogens is 1. The molecular formula is C18H19F2N5O. The van der Waals surface area contributed by atoms with Crippen LogP contribution in [0.1, 0.15) is 37.1 Å². The smallest absolute Gasteiger partial charge is 0.246 e. The lowest BCUT2D eigenvalue weighted by molar-refractivity contribution is 0.119. The molecule has 0 aliphatic rings. The average Bonchev–Trinajstić information content (AvgIpc) is 3.10. The van der Waals surface area contributed by atoms with Crippen molar-refractivity contribution in [3.63, 3.8) is 0 Å². The Morgan fingerprint density at radius 3 is 2.58 bits per heavy atom. The molecule has 136 valence electrons. The van der Waals surface area contributed by atoms with Gasteiger partial charge in [-0.05, 0) is 12.5 Å². The van der Waals surface area contributed by atoms with Crippen LogP contribution in [0.15, 0.2) is 48.8 Å². The van der Waals surface area contributed by atoms with E-state index in [1.54, 1.807) is 0 Å². The second-order valence-corrected chi connectivity index (χ2v) is 5.87. The largest absolute Gasteiger partial charge is 0.469 e. The molecule has 26 heavy (non-hydrogen) atoms. The molecule has 0 radical (unpaired) electrons. The van der Waals surface area contributed by atoms with Gasteiger partial charge < -0.3 is 10.1 Å². The quantitative estimate of drug-likeness (QED) is 0.652. The average molecular weight is 359 g/mol. The van der Waals surface area contributed by atoms with E-state index in [9.17, 15) is 8.78 Å². The van der Waals surface area contributed by atoms with Gasteiger partial charge in [0.1, 0.15) is 6.10 Å². The van der Waals surface area contributed by atoms with Gasteiger partial charge in [-0.1, -0.05) is 37.3 Å². The molecule has 1 aromatic carbocycles. The Labute approximate surface area is 149 Å². The maximum atomic E-state index is 12.8. The lowest BCUT2D eigenvalue weighted by Crippen LogP contribution is -2.05. The third-order valence-corrected chi connectivity index (χ3v) is 3.90. The van der Waals surface area contributed by atoms with Crippen molar-refractivity contribution in [2.75, 3.05) is 5.32 Å². The molecule has 0 fully saturated rings. The topological polar surface area (TPSA) is 75.7 Å². The second-order valence-electron chi connectivity index (χ2n) is 5.87. The highest BCUT2D eigenvalue weighted by atomic mass is 19.3. The van der Waals surface area contributed by atoms with E-state index in [-0.39, 0.29) is 6.10 Å². The highest BCUT2D eigenvalue weighted by molar-refractivity contribution is 5.51. The van der Waals surface area contributed by atoms with E-state index < -0.39 is 12.3 Å². The SMILES string of the molecule is C[C@H](Oc1cncc(Nc2cc([C@H](C)C(F)F)[nH]n2)n1)c1ccccc1. The molecule has 8 heteroatoms. The Morgan fingerprint density at radius 1 is 1.08 bits per heavy atom. The maximum absolute atomic E-state index is 12.8. The van der Waals surface area contributed by atoms with Crippen LogP contribution in [0, 0.1) is 0 Å². The van der Waals surface area contributed by atoms with E-state index in [0.29, 0.717) is 23.2 Å². The molecule has 0 saturated carbocycles. The number of ether oxygens (including phenoxy) is 1. The number of hydrogen-bond donors (Lipinski definition) is 2. The van der Waals surface area contributed by atoms with Gasteiger partial charge in [-0.15, -0.1) is 0 Å². The van der Waals surface area contributed by atoms with Gasteiger partial charge in [0.2, 0.25) is 12.3 Å². The first-order valence-electron chi connectivity index (χ1n) is 8.17. The van der Waals surface area contributed by atoms with E-state index in [1.807, 2.05) is 37.3 Å². The predicted octanol–water partition coefficient (Wildman–Crippen LogP) is 4.45. The van der Waals surface area contributed by atoms with Crippen LogP contribution in [-0.2, 0) is 0 Å². The third-order valence-electron chi connectivity index (χ3n) is 3.90. The molecule has 0 saturated heterocycles. The van der Waals surface area contributed by atoms with Crippen LogP contribution >= 0.6 is 0 Å². The minimum Gasteiger partial charge on any atom is -0.469 e. The number of aromatic amines is 1. The van der Waals surface area contributed by atoms with Crippen LogP contribution in [0.25, 0.3) is 0 Å². The monoisotopic (exact) mass is 359 g/mol. The lowest BCUT2D eigenvalue weighted by Gasteiger charge is -2.14. The number of aromatic nitrogens is 4. The molecule has 0 spiro atoms. The van der Waals surface area contributed by atoms with E-state index in [4.69, 9.17) is 4.74 Å². The van der Waals surface area contributed by atoms with Gasteiger partial charge in [-0.25, -0.2) is 8.78 Å². The van der Waals surface area contributed by atoms with Crippen molar-refractivity contribution < 1.29 is 13.5 Å². The van der Waals surface area contributed by atoms with Crippen molar-refractivity contribution >= 4 is 11.6 Å². The van der Waals surface area contributed by atoms with Crippen molar-refractivity contribution in [2.45, 2.75) is 32.3 Å². The number of benzene rings is 1. The summed E-state index contributed by atoms with van der Waals surface area (Å²) in [5.74, 6) is 0.217. The molecule has 2 N–H and O–H groups in total. The molecule has 0 unspecified atom stereocenters. The Bertz CT molecular complexity index is 840. The number of nitrogens with zero attached hydrogens (tertiary/aromatic N) is 3. The van der Waals surface area contributed by atoms with Crippen LogP contribution < -0.4 is 10.1 Å². The molecular weight excluding hydrogens is 340 g/mol. The number of anilines is 2. The van der Waals surface area contributed by atoms with Crippen molar-refractivity contribution in [3.8, 4) is 5.88 Å². The molecule has 0 amide bonds. The van der Waals surface area contributed by atoms with Crippen LogP contribution in [0.4, 0.5) is 20.4 Å². The fraction of sp³-hybridized carbons (Fsp3) is 0.278. The minimum absolute atomic E-state index is 0.190. The predicted molar refractivity (Wildman–Crippen MR) is 93.8 cm³/mol. The van der Waals surface area contributed by atoms with Crippen molar-refractivity contribution in [2.24, 2.45) is 0 Å². The number of halogens is 2. The summed E-state index contributed by atoms with van der Waals surface area (Å²) in [7, 11) is 0. The van der Waals surface area contributed by atoms with Crippen LogP contribution in [0.2, 0.25) is 0 Å². The summed E-state index contributed by atoms with van der Waals surface area (Å²) in [4.78, 5) is 8.41. The summed E-state index contributed by atoms with van der Waals surface area (Å²) < 4.78 is 31.3. The first-order chi connectivity index (χ1) is 12.5. The second kappa shape index (κ2) is 7.90. The van der Waals surface area contributed by atoms with Gasteiger partial charge in [-0.3, -0.25) is 10.1 Å². The highest BCUT2D eigenvalue weighted by Crippen LogP contribution is 2.24. The zero-order chi connectivity index (χ0) is 18.5. The summed E-state index contributed by atoms with van der Waals surface area (Å²) in [6.07, 6.45) is 0.369. The van der Waals surface area contributed by atoms with Gasteiger partial charge in [0.25, 0.3) is 0 Å². The van der Waals surface area contributed by atoms with Crippen molar-refractivity contribution in [3.05, 3.63) is 60.0 Å². The first-order valence-corrected chi connectivity index (χ1v) is 8.17. The lowest BCUT2D eigenvalue weighted by atomic mass is 10.1. The third kappa shape index (κ3) is 4.33. The van der Waals surface area contributed by atoms with E-state index in [0.717, 1.165) is 5.56 Å². The summed E-state index contributed by atoms with van der Waals surface area (Å²) >= 11 is 0. The zero-order valence-electron chi connectivity index (χ0n) is 14.4. The Kier molecular flexibility index (Phi) is 5.40. The normalized spacial score (nSPS) is 13.4. The number of rotatable bonds is 7. The van der Waals surface area contributed by atoms with Crippen molar-refractivity contribution in [1.29, 1.82) is 0 Å². The fourth-order valence-electron chi connectivity index (χ4n) is 2.34. The molecule has 3 rings (SSSR count). The molecule has 2 atom stereocenters. The van der Waals surface area contributed by atoms with E-state index in [1.165, 1.54) is 25.4 Å².